The van der Waals surface area contributed by atoms with Gasteiger partial charge in [-0.05, 0) is 18.4 Å². The molecule has 2 saturated heterocycles. The molecule has 0 aromatic heterocycles. The van der Waals surface area contributed by atoms with E-state index >= 15 is 0 Å². The first-order chi connectivity index (χ1) is 10.9. The van der Waals surface area contributed by atoms with Crippen molar-refractivity contribution in [3.63, 3.8) is 0 Å². The normalized spacial score (nSPS) is 28.6. The fourth-order valence-electron chi connectivity index (χ4n) is 3.26. The van der Waals surface area contributed by atoms with E-state index in [9.17, 15) is 18.0 Å². The smallest absolute Gasteiger partial charge is 0.372 e. The predicted octanol–water partition coefficient (Wildman–Crippen LogP) is 2.27. The van der Waals surface area contributed by atoms with Gasteiger partial charge >= 0.3 is 6.18 Å². The van der Waals surface area contributed by atoms with Gasteiger partial charge in [-0.15, -0.1) is 0 Å². The number of alkyl halides is 3. The highest BCUT2D eigenvalue weighted by Crippen LogP contribution is 2.30. The van der Waals surface area contributed by atoms with Crippen molar-refractivity contribution in [2.45, 2.75) is 37.2 Å². The summed E-state index contributed by atoms with van der Waals surface area (Å²) in [5, 5.41) is 3.21. The van der Waals surface area contributed by atoms with Gasteiger partial charge in [0.1, 0.15) is 6.54 Å². The predicted molar refractivity (Wildman–Crippen MR) is 77.7 cm³/mol. The van der Waals surface area contributed by atoms with Crippen LogP contribution in [0.2, 0.25) is 0 Å². The monoisotopic (exact) mass is 328 g/mol. The van der Waals surface area contributed by atoms with Gasteiger partial charge < -0.3 is 9.64 Å². The molecule has 7 heteroatoms. The topological polar surface area (TPSA) is 41.6 Å². The Bertz CT molecular complexity index is 550. The molecule has 0 unspecified atom stereocenters. The van der Waals surface area contributed by atoms with Crippen LogP contribution in [0.25, 0.3) is 0 Å². The average Bonchev–Trinajstić information content (AvgIpc) is 3.09. The molecule has 0 radical (unpaired) electrons. The van der Waals surface area contributed by atoms with Crippen LogP contribution < -0.4 is 5.32 Å². The molecule has 1 N–H and O–H groups in total. The van der Waals surface area contributed by atoms with Gasteiger partial charge in [-0.3, -0.25) is 10.1 Å². The number of hydrogen-bond acceptors (Lipinski definition) is 3. The van der Waals surface area contributed by atoms with Crippen LogP contribution in [-0.2, 0) is 9.53 Å². The molecule has 1 aromatic rings. The van der Waals surface area contributed by atoms with Crippen molar-refractivity contribution in [2.75, 3.05) is 19.7 Å². The average molecular weight is 328 g/mol. The van der Waals surface area contributed by atoms with E-state index in [4.69, 9.17) is 4.74 Å². The van der Waals surface area contributed by atoms with Gasteiger partial charge in [0.15, 0.2) is 0 Å². The summed E-state index contributed by atoms with van der Waals surface area (Å²) < 4.78 is 43.1. The summed E-state index contributed by atoms with van der Waals surface area (Å²) >= 11 is 0. The van der Waals surface area contributed by atoms with Gasteiger partial charge in [0.25, 0.3) is 0 Å². The summed E-state index contributed by atoms with van der Waals surface area (Å²) in [5.74, 6) is -0.471. The lowest BCUT2D eigenvalue weighted by molar-refractivity contribution is -0.158. The summed E-state index contributed by atoms with van der Waals surface area (Å²) in [7, 11) is 0. The number of ether oxygens (including phenoxy) is 1. The lowest BCUT2D eigenvalue weighted by Gasteiger charge is -2.24. The first-order valence-electron chi connectivity index (χ1n) is 7.72. The van der Waals surface area contributed by atoms with Gasteiger partial charge in [-0.25, -0.2) is 0 Å². The molecule has 126 valence electrons. The van der Waals surface area contributed by atoms with Crippen LogP contribution >= 0.6 is 0 Å². The van der Waals surface area contributed by atoms with Gasteiger partial charge in [-0.1, -0.05) is 30.3 Å². The quantitative estimate of drug-likeness (QED) is 0.922. The van der Waals surface area contributed by atoms with Crippen molar-refractivity contribution >= 4 is 5.91 Å². The number of carbonyl (C=O) groups excluding carboxylic acids is 1. The van der Waals surface area contributed by atoms with Crippen molar-refractivity contribution in [3.05, 3.63) is 35.9 Å². The minimum absolute atomic E-state index is 0.0582. The second kappa shape index (κ2) is 6.49. The first kappa shape index (κ1) is 16.3. The van der Waals surface area contributed by atoms with Gasteiger partial charge in [0, 0.05) is 19.2 Å². The van der Waals surface area contributed by atoms with Crippen LogP contribution in [0.5, 0.6) is 0 Å². The second-order valence-corrected chi connectivity index (χ2v) is 5.98. The van der Waals surface area contributed by atoms with Gasteiger partial charge in [-0.2, -0.15) is 13.2 Å². The first-order valence-corrected chi connectivity index (χ1v) is 7.72. The highest BCUT2D eigenvalue weighted by atomic mass is 19.4. The summed E-state index contributed by atoms with van der Waals surface area (Å²) in [4.78, 5) is 13.0. The third-order valence-electron chi connectivity index (χ3n) is 4.30. The zero-order valence-electron chi connectivity index (χ0n) is 12.6. The maximum absolute atomic E-state index is 12.5. The highest BCUT2D eigenvalue weighted by molar-refractivity contribution is 5.84. The number of hydrogen-bond donors (Lipinski definition) is 1. The third-order valence-corrected chi connectivity index (χ3v) is 4.30. The molecule has 2 aliphatic heterocycles. The molecule has 0 spiro atoms. The SMILES string of the molecule is O=C1[C@H](N[C@@H]2CCO[C@@H]2c2ccccc2)CCN1CC(F)(F)F. The van der Waals surface area contributed by atoms with Crippen LogP contribution in [0.15, 0.2) is 30.3 Å². The highest BCUT2D eigenvalue weighted by Gasteiger charge is 2.41. The molecule has 2 heterocycles. The van der Waals surface area contributed by atoms with Crippen LogP contribution in [0.4, 0.5) is 13.2 Å². The zero-order valence-corrected chi connectivity index (χ0v) is 12.6. The fraction of sp³-hybridized carbons (Fsp3) is 0.562. The van der Waals surface area contributed by atoms with E-state index in [1.807, 2.05) is 30.3 Å². The fourth-order valence-corrected chi connectivity index (χ4v) is 3.26. The van der Waals surface area contributed by atoms with Crippen molar-refractivity contribution < 1.29 is 22.7 Å². The number of rotatable bonds is 4. The van der Waals surface area contributed by atoms with Crippen LogP contribution in [0, 0.1) is 0 Å². The summed E-state index contributed by atoms with van der Waals surface area (Å²) in [6.07, 6.45) is -3.39. The number of nitrogens with zero attached hydrogens (tertiary/aromatic N) is 1. The maximum Gasteiger partial charge on any atom is 0.406 e. The minimum atomic E-state index is -4.35. The summed E-state index contributed by atoms with van der Waals surface area (Å²) in [6, 6.07) is 9.04. The molecule has 3 atom stereocenters. The third kappa shape index (κ3) is 3.84. The largest absolute Gasteiger partial charge is 0.406 e. The van der Waals surface area contributed by atoms with Crippen molar-refractivity contribution in [3.8, 4) is 0 Å². The van der Waals surface area contributed by atoms with E-state index in [-0.39, 0.29) is 18.7 Å². The molecule has 0 saturated carbocycles. The lowest BCUT2D eigenvalue weighted by atomic mass is 10.0. The summed E-state index contributed by atoms with van der Waals surface area (Å²) in [6.45, 7) is -0.461. The van der Waals surface area contributed by atoms with Crippen molar-refractivity contribution in [1.29, 1.82) is 0 Å². The number of carbonyl (C=O) groups is 1. The Labute approximate surface area is 132 Å². The van der Waals surface area contributed by atoms with E-state index in [0.717, 1.165) is 16.9 Å². The molecule has 1 amide bonds. The van der Waals surface area contributed by atoms with E-state index < -0.39 is 24.7 Å². The van der Waals surface area contributed by atoms with Crippen LogP contribution in [0.3, 0.4) is 0 Å². The number of benzene rings is 1. The number of likely N-dealkylation sites (tertiary alicyclic amines) is 1. The Hall–Kier alpha value is -1.60. The molecule has 0 aliphatic carbocycles. The van der Waals surface area contributed by atoms with Gasteiger partial charge in [0.2, 0.25) is 5.91 Å². The number of halogens is 3. The minimum Gasteiger partial charge on any atom is -0.372 e. The molecule has 23 heavy (non-hydrogen) atoms. The Morgan fingerprint density at radius 1 is 1.22 bits per heavy atom. The molecular formula is C16H19F3N2O2. The van der Waals surface area contributed by atoms with E-state index in [1.54, 1.807) is 0 Å². The summed E-state index contributed by atoms with van der Waals surface area (Å²) in [5.41, 5.74) is 1.01. The van der Waals surface area contributed by atoms with E-state index in [2.05, 4.69) is 5.32 Å². The van der Waals surface area contributed by atoms with Crippen LogP contribution in [0.1, 0.15) is 24.5 Å². The molecule has 2 fully saturated rings. The van der Waals surface area contributed by atoms with Gasteiger partial charge in [0.05, 0.1) is 12.1 Å². The molecule has 1 aromatic carbocycles. The molecule has 2 aliphatic rings. The number of nitrogens with one attached hydrogen (secondary N) is 1. The van der Waals surface area contributed by atoms with E-state index in [1.165, 1.54) is 0 Å². The Balaban J connectivity index is 1.62. The molecule has 4 nitrogen and oxygen atoms in total. The van der Waals surface area contributed by atoms with Crippen molar-refractivity contribution in [1.82, 2.24) is 10.2 Å². The lowest BCUT2D eigenvalue weighted by Crippen LogP contribution is -2.46. The van der Waals surface area contributed by atoms with Crippen LogP contribution in [-0.4, -0.2) is 48.8 Å². The molecule has 3 rings (SSSR count). The molecular weight excluding hydrogens is 309 g/mol. The maximum atomic E-state index is 12.5. The Kier molecular flexibility index (Phi) is 4.59. The van der Waals surface area contributed by atoms with E-state index in [0.29, 0.717) is 13.0 Å². The molecule has 0 bridgehead atoms. The van der Waals surface area contributed by atoms with Crippen molar-refractivity contribution in [2.24, 2.45) is 0 Å². The second-order valence-electron chi connectivity index (χ2n) is 5.98. The zero-order chi connectivity index (χ0) is 16.4. The Morgan fingerprint density at radius 3 is 2.65 bits per heavy atom. The number of amides is 1. The standard InChI is InChI=1S/C16H19F3N2O2/c17-16(18,19)10-21-8-6-13(15(21)22)20-12-7-9-23-14(12)11-4-2-1-3-5-11/h1-5,12-14,20H,6-10H2/t12-,13-,14-/m1/s1. The Morgan fingerprint density at radius 2 is 1.96 bits per heavy atom.